The molecule has 0 fully saturated rings. The molecule has 0 aliphatic carbocycles. The average Bonchev–Trinajstić information content (AvgIpc) is 2.93. The zero-order chi connectivity index (χ0) is 16.6. The molecule has 0 amide bonds. The zero-order valence-electron chi connectivity index (χ0n) is 13.0. The normalized spacial score (nSPS) is 11.1. The summed E-state index contributed by atoms with van der Waals surface area (Å²) in [7, 11) is 3.08. The molecule has 3 rings (SSSR count). The topological polar surface area (TPSA) is 72.1 Å². The first-order valence-electron chi connectivity index (χ1n) is 7.15. The van der Waals surface area contributed by atoms with Crippen LogP contribution >= 0.6 is 0 Å². The molecular formula is C18H18O5. The smallest absolute Gasteiger partial charge is 0.164 e. The molecule has 2 N–H and O–H groups in total. The highest BCUT2D eigenvalue weighted by atomic mass is 16.5. The number of benzene rings is 2. The van der Waals surface area contributed by atoms with E-state index in [0.29, 0.717) is 40.2 Å². The van der Waals surface area contributed by atoms with Crippen molar-refractivity contribution in [3.05, 3.63) is 42.0 Å². The molecule has 5 heteroatoms. The fourth-order valence-electron chi connectivity index (χ4n) is 2.72. The minimum absolute atomic E-state index is 0.0353. The molecule has 3 aromatic rings. The largest absolute Gasteiger partial charge is 0.504 e. The van der Waals surface area contributed by atoms with Crippen LogP contribution in [0.3, 0.4) is 0 Å². The van der Waals surface area contributed by atoms with Crippen molar-refractivity contribution in [3.8, 4) is 17.2 Å². The van der Waals surface area contributed by atoms with Crippen molar-refractivity contribution in [3.63, 3.8) is 0 Å². The molecule has 0 saturated heterocycles. The zero-order valence-corrected chi connectivity index (χ0v) is 13.0. The molecule has 0 aliphatic heterocycles. The number of aliphatic hydroxyl groups excluding tert-OH is 1. The van der Waals surface area contributed by atoms with Gasteiger partial charge in [-0.3, -0.25) is 0 Å². The van der Waals surface area contributed by atoms with E-state index in [0.717, 1.165) is 10.8 Å². The summed E-state index contributed by atoms with van der Waals surface area (Å²) in [5.74, 6) is 1.05. The van der Waals surface area contributed by atoms with Gasteiger partial charge in [0, 0.05) is 28.5 Å². The third kappa shape index (κ3) is 2.49. The van der Waals surface area contributed by atoms with Crippen molar-refractivity contribution in [2.24, 2.45) is 0 Å². The van der Waals surface area contributed by atoms with E-state index in [1.54, 1.807) is 19.2 Å². The van der Waals surface area contributed by atoms with E-state index in [9.17, 15) is 10.2 Å². The molecule has 120 valence electrons. The van der Waals surface area contributed by atoms with Gasteiger partial charge in [-0.2, -0.15) is 0 Å². The summed E-state index contributed by atoms with van der Waals surface area (Å²) in [5.41, 5.74) is 2.48. The van der Waals surface area contributed by atoms with Crippen molar-refractivity contribution in [1.82, 2.24) is 0 Å². The van der Waals surface area contributed by atoms with Gasteiger partial charge in [-0.25, -0.2) is 0 Å². The number of rotatable bonds is 5. The number of aromatic hydroxyl groups is 1. The molecular weight excluding hydrogens is 296 g/mol. The number of phenolic OH excluding ortho intramolecular Hbond substituents is 1. The maximum absolute atomic E-state index is 10.5. The second-order valence-electron chi connectivity index (χ2n) is 5.33. The Balaban J connectivity index is 2.35. The summed E-state index contributed by atoms with van der Waals surface area (Å²) >= 11 is 0. The van der Waals surface area contributed by atoms with Gasteiger partial charge in [0.1, 0.15) is 16.9 Å². The van der Waals surface area contributed by atoms with Crippen molar-refractivity contribution in [2.45, 2.75) is 6.42 Å². The number of methoxy groups -OCH3 is 2. The molecule has 0 aliphatic rings. The standard InChI is InChI=1S/C18H18O5/c1-10(9-19)6-13-17-12-5-4-11(21-2)7-14(12)23-15(17)8-16(22-3)18(13)20/h4-5,7-8,19-20H,1,6,9H2,2-3H3. The number of furan rings is 1. The van der Waals surface area contributed by atoms with Crippen LogP contribution in [0.25, 0.3) is 21.9 Å². The highest BCUT2D eigenvalue weighted by Crippen LogP contribution is 2.42. The Morgan fingerprint density at radius 1 is 1.17 bits per heavy atom. The minimum Gasteiger partial charge on any atom is -0.504 e. The third-order valence-corrected chi connectivity index (χ3v) is 3.88. The van der Waals surface area contributed by atoms with Crippen LogP contribution in [-0.4, -0.2) is 31.0 Å². The summed E-state index contributed by atoms with van der Waals surface area (Å²) in [6.45, 7) is 3.66. The van der Waals surface area contributed by atoms with E-state index in [-0.39, 0.29) is 12.4 Å². The summed E-state index contributed by atoms with van der Waals surface area (Å²) < 4.78 is 16.3. The van der Waals surface area contributed by atoms with Crippen LogP contribution in [0, 0.1) is 0 Å². The van der Waals surface area contributed by atoms with Gasteiger partial charge in [-0.1, -0.05) is 6.58 Å². The second-order valence-corrected chi connectivity index (χ2v) is 5.33. The third-order valence-electron chi connectivity index (χ3n) is 3.88. The Kier molecular flexibility index (Phi) is 3.88. The molecule has 23 heavy (non-hydrogen) atoms. The van der Waals surface area contributed by atoms with E-state index in [1.165, 1.54) is 7.11 Å². The summed E-state index contributed by atoms with van der Waals surface area (Å²) in [5, 5.41) is 21.4. The van der Waals surface area contributed by atoms with Gasteiger partial charge in [0.2, 0.25) is 0 Å². The maximum atomic E-state index is 10.5. The van der Waals surface area contributed by atoms with Crippen LogP contribution in [0.1, 0.15) is 5.56 Å². The van der Waals surface area contributed by atoms with Crippen LogP contribution in [0.15, 0.2) is 40.8 Å². The van der Waals surface area contributed by atoms with Crippen LogP contribution in [-0.2, 0) is 6.42 Å². The number of aliphatic hydroxyl groups is 1. The molecule has 0 atom stereocenters. The number of hydrogen-bond donors (Lipinski definition) is 2. The lowest BCUT2D eigenvalue weighted by atomic mass is 9.98. The predicted molar refractivity (Wildman–Crippen MR) is 88.4 cm³/mol. The van der Waals surface area contributed by atoms with Crippen LogP contribution in [0.4, 0.5) is 0 Å². The summed E-state index contributed by atoms with van der Waals surface area (Å²) in [6, 6.07) is 7.17. The van der Waals surface area contributed by atoms with Gasteiger partial charge >= 0.3 is 0 Å². The molecule has 0 radical (unpaired) electrons. The van der Waals surface area contributed by atoms with E-state index < -0.39 is 0 Å². The number of hydrogen-bond acceptors (Lipinski definition) is 5. The molecule has 2 aromatic carbocycles. The summed E-state index contributed by atoms with van der Waals surface area (Å²) in [6.07, 6.45) is 0.330. The molecule has 0 saturated carbocycles. The fourth-order valence-corrected chi connectivity index (χ4v) is 2.72. The van der Waals surface area contributed by atoms with Gasteiger partial charge in [-0.15, -0.1) is 0 Å². The maximum Gasteiger partial charge on any atom is 0.164 e. The Morgan fingerprint density at radius 2 is 1.96 bits per heavy atom. The molecule has 1 heterocycles. The number of ether oxygens (including phenoxy) is 2. The molecule has 1 aromatic heterocycles. The van der Waals surface area contributed by atoms with Gasteiger partial charge in [0.05, 0.1) is 20.8 Å². The Hall–Kier alpha value is -2.66. The van der Waals surface area contributed by atoms with Gasteiger partial charge in [0.25, 0.3) is 0 Å². The van der Waals surface area contributed by atoms with E-state index >= 15 is 0 Å². The van der Waals surface area contributed by atoms with E-state index in [2.05, 4.69) is 6.58 Å². The first kappa shape index (κ1) is 15.2. The van der Waals surface area contributed by atoms with E-state index in [1.807, 2.05) is 12.1 Å². The average molecular weight is 314 g/mol. The molecule has 0 unspecified atom stereocenters. The monoisotopic (exact) mass is 314 g/mol. The second kappa shape index (κ2) is 5.85. The first-order valence-corrected chi connectivity index (χ1v) is 7.15. The van der Waals surface area contributed by atoms with Crippen molar-refractivity contribution in [2.75, 3.05) is 20.8 Å². The lowest BCUT2D eigenvalue weighted by molar-refractivity contribution is 0.328. The van der Waals surface area contributed by atoms with Crippen molar-refractivity contribution in [1.29, 1.82) is 0 Å². The molecule has 0 bridgehead atoms. The van der Waals surface area contributed by atoms with Crippen LogP contribution in [0.5, 0.6) is 17.2 Å². The lowest BCUT2D eigenvalue weighted by Crippen LogP contribution is -1.97. The Morgan fingerprint density at radius 3 is 2.61 bits per heavy atom. The lowest BCUT2D eigenvalue weighted by Gasteiger charge is -2.11. The predicted octanol–water partition coefficient (Wildman–Crippen LogP) is 3.40. The number of fused-ring (bicyclic) bond motifs is 3. The van der Waals surface area contributed by atoms with Gasteiger partial charge < -0.3 is 24.1 Å². The van der Waals surface area contributed by atoms with E-state index in [4.69, 9.17) is 13.9 Å². The van der Waals surface area contributed by atoms with Crippen molar-refractivity contribution < 1.29 is 24.1 Å². The first-order chi connectivity index (χ1) is 11.1. The Labute approximate surface area is 133 Å². The van der Waals surface area contributed by atoms with Gasteiger partial charge in [-0.05, 0) is 24.1 Å². The quantitative estimate of drug-likeness (QED) is 0.706. The number of phenols is 1. The SMILES string of the molecule is C=C(CO)Cc1c(O)c(OC)cc2oc3cc(OC)ccc3c12. The highest BCUT2D eigenvalue weighted by Gasteiger charge is 2.19. The van der Waals surface area contributed by atoms with Gasteiger partial charge in [0.15, 0.2) is 11.5 Å². The minimum atomic E-state index is -0.151. The van der Waals surface area contributed by atoms with Crippen LogP contribution in [0.2, 0.25) is 0 Å². The highest BCUT2D eigenvalue weighted by molar-refractivity contribution is 6.08. The molecule has 0 spiro atoms. The summed E-state index contributed by atoms with van der Waals surface area (Å²) in [4.78, 5) is 0. The van der Waals surface area contributed by atoms with Crippen molar-refractivity contribution >= 4 is 21.9 Å². The molecule has 5 nitrogen and oxygen atoms in total. The fraction of sp³-hybridized carbons (Fsp3) is 0.222. The Bertz CT molecular complexity index is 891. The van der Waals surface area contributed by atoms with Crippen LogP contribution < -0.4 is 9.47 Å².